The molecule has 0 unspecified atom stereocenters. The van der Waals surface area contributed by atoms with Gasteiger partial charge >= 0.3 is 0 Å². The van der Waals surface area contributed by atoms with E-state index in [0.29, 0.717) is 24.6 Å². The van der Waals surface area contributed by atoms with Gasteiger partial charge in [-0.25, -0.2) is 4.68 Å². The predicted molar refractivity (Wildman–Crippen MR) is 86.1 cm³/mol. The maximum Gasteiger partial charge on any atom is 0.227 e. The van der Waals surface area contributed by atoms with Gasteiger partial charge in [-0.2, -0.15) is 0 Å². The molecule has 0 aliphatic carbocycles. The maximum absolute atomic E-state index is 12.5. The smallest absolute Gasteiger partial charge is 0.227 e. The number of halogens is 1. The summed E-state index contributed by atoms with van der Waals surface area (Å²) in [7, 11) is 1.63. The standard InChI is InChI=1S/C16H19ClN4O2/c1-23-11-13-9-21(19-18-13)14-6-7-20(10-14)16(22)8-12-4-2-3-5-15(12)17/h2-5,9,14H,6-8,10-11H2,1H3/t14-/m1/s1. The second kappa shape index (κ2) is 7.10. The molecule has 1 fully saturated rings. The number of rotatable bonds is 5. The summed E-state index contributed by atoms with van der Waals surface area (Å²) in [6, 6.07) is 7.63. The van der Waals surface area contributed by atoms with E-state index in [4.69, 9.17) is 16.3 Å². The van der Waals surface area contributed by atoms with Gasteiger partial charge in [0.1, 0.15) is 5.69 Å². The quantitative estimate of drug-likeness (QED) is 0.840. The van der Waals surface area contributed by atoms with Gasteiger partial charge in [0, 0.05) is 25.2 Å². The molecule has 122 valence electrons. The van der Waals surface area contributed by atoms with E-state index in [0.717, 1.165) is 24.2 Å². The Bertz CT molecular complexity index is 688. The van der Waals surface area contributed by atoms with Crippen molar-refractivity contribution < 1.29 is 9.53 Å². The number of benzene rings is 1. The fraction of sp³-hybridized carbons (Fsp3) is 0.438. The molecule has 1 saturated heterocycles. The van der Waals surface area contributed by atoms with Gasteiger partial charge in [0.15, 0.2) is 0 Å². The summed E-state index contributed by atoms with van der Waals surface area (Å²) in [4.78, 5) is 14.3. The van der Waals surface area contributed by atoms with E-state index < -0.39 is 0 Å². The van der Waals surface area contributed by atoms with Gasteiger partial charge in [-0.05, 0) is 18.1 Å². The average Bonchev–Trinajstić information content (AvgIpc) is 3.18. The zero-order valence-corrected chi connectivity index (χ0v) is 13.7. The molecule has 1 atom stereocenters. The van der Waals surface area contributed by atoms with E-state index >= 15 is 0 Å². The van der Waals surface area contributed by atoms with Crippen molar-refractivity contribution in [3.05, 3.63) is 46.7 Å². The first-order valence-electron chi connectivity index (χ1n) is 7.58. The summed E-state index contributed by atoms with van der Waals surface area (Å²) in [5.74, 6) is 0.0952. The Morgan fingerprint density at radius 2 is 2.26 bits per heavy atom. The molecule has 1 aromatic heterocycles. The number of methoxy groups -OCH3 is 1. The van der Waals surface area contributed by atoms with Crippen LogP contribution in [0.15, 0.2) is 30.5 Å². The van der Waals surface area contributed by atoms with Crippen molar-refractivity contribution in [2.75, 3.05) is 20.2 Å². The lowest BCUT2D eigenvalue weighted by atomic mass is 10.1. The highest BCUT2D eigenvalue weighted by molar-refractivity contribution is 6.31. The van der Waals surface area contributed by atoms with Crippen molar-refractivity contribution in [2.24, 2.45) is 0 Å². The Kier molecular flexibility index (Phi) is 4.93. The molecule has 0 saturated carbocycles. The number of carbonyl (C=O) groups excluding carboxylic acids is 1. The van der Waals surface area contributed by atoms with Crippen LogP contribution in [0, 0.1) is 0 Å². The fourth-order valence-electron chi connectivity index (χ4n) is 2.81. The van der Waals surface area contributed by atoms with Crippen LogP contribution in [0.5, 0.6) is 0 Å². The second-order valence-corrected chi connectivity index (χ2v) is 6.08. The van der Waals surface area contributed by atoms with Crippen LogP contribution in [-0.4, -0.2) is 46.0 Å². The minimum Gasteiger partial charge on any atom is -0.378 e. The van der Waals surface area contributed by atoms with Crippen LogP contribution >= 0.6 is 11.6 Å². The van der Waals surface area contributed by atoms with Crippen LogP contribution in [0.25, 0.3) is 0 Å². The number of likely N-dealkylation sites (tertiary alicyclic amines) is 1. The van der Waals surface area contributed by atoms with Crippen LogP contribution in [0.1, 0.15) is 23.7 Å². The van der Waals surface area contributed by atoms with Crippen LogP contribution in [0.3, 0.4) is 0 Å². The van der Waals surface area contributed by atoms with Gasteiger partial charge in [-0.1, -0.05) is 35.0 Å². The third kappa shape index (κ3) is 3.71. The first kappa shape index (κ1) is 16.0. The van der Waals surface area contributed by atoms with Crippen LogP contribution in [0.4, 0.5) is 0 Å². The first-order chi connectivity index (χ1) is 11.2. The predicted octanol–water partition coefficient (Wildman–Crippen LogP) is 2.09. The molecule has 23 heavy (non-hydrogen) atoms. The van der Waals surface area contributed by atoms with Gasteiger partial charge in [0.05, 0.1) is 25.3 Å². The molecule has 1 aliphatic rings. The molecule has 0 bridgehead atoms. The average molecular weight is 335 g/mol. The van der Waals surface area contributed by atoms with Crippen LogP contribution < -0.4 is 0 Å². The number of hydrogen-bond donors (Lipinski definition) is 0. The maximum atomic E-state index is 12.5. The zero-order valence-electron chi connectivity index (χ0n) is 13.0. The summed E-state index contributed by atoms with van der Waals surface area (Å²) in [6.07, 6.45) is 3.10. The van der Waals surface area contributed by atoms with E-state index in [2.05, 4.69) is 10.3 Å². The Hall–Kier alpha value is -1.92. The minimum absolute atomic E-state index is 0.0952. The van der Waals surface area contributed by atoms with Gasteiger partial charge in [0.2, 0.25) is 5.91 Å². The lowest BCUT2D eigenvalue weighted by molar-refractivity contribution is -0.129. The number of ether oxygens (including phenoxy) is 1. The molecule has 3 rings (SSSR count). The van der Waals surface area contributed by atoms with E-state index in [1.807, 2.05) is 40.0 Å². The summed E-state index contributed by atoms with van der Waals surface area (Å²) < 4.78 is 6.88. The molecular formula is C16H19ClN4O2. The third-order valence-corrected chi connectivity index (χ3v) is 4.41. The first-order valence-corrected chi connectivity index (χ1v) is 7.96. The van der Waals surface area contributed by atoms with Crippen molar-refractivity contribution in [1.82, 2.24) is 19.9 Å². The molecule has 0 radical (unpaired) electrons. The highest BCUT2D eigenvalue weighted by Gasteiger charge is 2.28. The normalized spacial score (nSPS) is 17.7. The number of carbonyl (C=O) groups is 1. The van der Waals surface area contributed by atoms with Crippen molar-refractivity contribution >= 4 is 17.5 Å². The van der Waals surface area contributed by atoms with E-state index in [1.165, 1.54) is 0 Å². The Morgan fingerprint density at radius 1 is 1.43 bits per heavy atom. The van der Waals surface area contributed by atoms with Crippen molar-refractivity contribution in [2.45, 2.75) is 25.5 Å². The molecule has 1 aliphatic heterocycles. The Balaban J connectivity index is 1.60. The number of amides is 1. The topological polar surface area (TPSA) is 60.2 Å². The van der Waals surface area contributed by atoms with Crippen molar-refractivity contribution in [1.29, 1.82) is 0 Å². The van der Waals surface area contributed by atoms with Gasteiger partial charge in [0.25, 0.3) is 0 Å². The largest absolute Gasteiger partial charge is 0.378 e. The molecule has 1 amide bonds. The minimum atomic E-state index is 0.0952. The van der Waals surface area contributed by atoms with E-state index in [-0.39, 0.29) is 11.9 Å². The summed E-state index contributed by atoms with van der Waals surface area (Å²) in [5, 5.41) is 8.84. The number of nitrogens with zero attached hydrogens (tertiary/aromatic N) is 4. The second-order valence-electron chi connectivity index (χ2n) is 5.67. The highest BCUT2D eigenvalue weighted by Crippen LogP contribution is 2.23. The Morgan fingerprint density at radius 3 is 3.04 bits per heavy atom. The highest BCUT2D eigenvalue weighted by atomic mass is 35.5. The van der Waals surface area contributed by atoms with Gasteiger partial charge < -0.3 is 9.64 Å². The molecular weight excluding hydrogens is 316 g/mol. The fourth-order valence-corrected chi connectivity index (χ4v) is 3.01. The molecule has 1 aromatic carbocycles. The van der Waals surface area contributed by atoms with Crippen molar-refractivity contribution in [3.63, 3.8) is 0 Å². The Labute approximate surface area is 140 Å². The number of aromatic nitrogens is 3. The lowest BCUT2D eigenvalue weighted by Crippen LogP contribution is -2.30. The van der Waals surface area contributed by atoms with E-state index in [9.17, 15) is 4.79 Å². The SMILES string of the molecule is COCc1cn([C@@H]2CCN(C(=O)Cc3ccccc3Cl)C2)nn1. The van der Waals surface area contributed by atoms with Crippen LogP contribution in [0.2, 0.25) is 5.02 Å². The van der Waals surface area contributed by atoms with Crippen molar-refractivity contribution in [3.8, 4) is 0 Å². The summed E-state index contributed by atoms with van der Waals surface area (Å²) >= 11 is 6.13. The molecule has 2 heterocycles. The van der Waals surface area contributed by atoms with E-state index in [1.54, 1.807) is 7.11 Å². The third-order valence-electron chi connectivity index (χ3n) is 4.04. The van der Waals surface area contributed by atoms with Gasteiger partial charge in [-0.3, -0.25) is 4.79 Å². The molecule has 2 aromatic rings. The van der Waals surface area contributed by atoms with Crippen LogP contribution in [-0.2, 0) is 22.6 Å². The van der Waals surface area contributed by atoms with Gasteiger partial charge in [-0.15, -0.1) is 5.10 Å². The molecule has 6 nitrogen and oxygen atoms in total. The molecule has 0 N–H and O–H groups in total. The summed E-state index contributed by atoms with van der Waals surface area (Å²) in [6.45, 7) is 1.83. The molecule has 0 spiro atoms. The lowest BCUT2D eigenvalue weighted by Gasteiger charge is -2.17. The number of hydrogen-bond acceptors (Lipinski definition) is 4. The monoisotopic (exact) mass is 334 g/mol. The zero-order chi connectivity index (χ0) is 16.2. The summed E-state index contributed by atoms with van der Waals surface area (Å²) in [5.41, 5.74) is 1.67. The molecule has 7 heteroatoms.